The summed E-state index contributed by atoms with van der Waals surface area (Å²) in [6.45, 7) is 6.51. The zero-order chi connectivity index (χ0) is 16.4. The Morgan fingerprint density at radius 3 is 2.64 bits per heavy atom. The Hall–Kier alpha value is -1.76. The van der Waals surface area contributed by atoms with Crippen molar-refractivity contribution in [3.05, 3.63) is 18.0 Å². The number of rotatable bonds is 9. The molecule has 0 fully saturated rings. The molecule has 0 aliphatic carbocycles. The van der Waals surface area contributed by atoms with E-state index < -0.39 is 5.60 Å². The average molecular weight is 304 g/mol. The van der Waals surface area contributed by atoms with Crippen LogP contribution in [0, 0.1) is 12.3 Å². The molecule has 0 saturated heterocycles. The molecule has 0 unspecified atom stereocenters. The quantitative estimate of drug-likeness (QED) is 0.396. The minimum atomic E-state index is -0.438. The van der Waals surface area contributed by atoms with Gasteiger partial charge in [0.25, 0.3) is 0 Å². The zero-order valence-corrected chi connectivity index (χ0v) is 14.1. The number of aromatic nitrogens is 2. The third-order valence-electron chi connectivity index (χ3n) is 3.16. The molecule has 122 valence electrons. The molecule has 0 saturated carbocycles. The maximum atomic E-state index is 11.7. The van der Waals surface area contributed by atoms with Crippen LogP contribution in [0.4, 0.5) is 0 Å². The van der Waals surface area contributed by atoms with Gasteiger partial charge in [-0.25, -0.2) is 0 Å². The lowest BCUT2D eigenvalue weighted by Gasteiger charge is -2.19. The number of aryl methyl sites for hydroxylation is 1. The van der Waals surface area contributed by atoms with Gasteiger partial charge in [-0.05, 0) is 33.6 Å². The molecule has 0 spiro atoms. The van der Waals surface area contributed by atoms with Gasteiger partial charge in [-0.3, -0.25) is 9.48 Å². The van der Waals surface area contributed by atoms with E-state index in [-0.39, 0.29) is 12.4 Å². The van der Waals surface area contributed by atoms with Gasteiger partial charge in [0.15, 0.2) is 0 Å². The fraction of sp³-hybridized carbons (Fsp3) is 0.667. The second-order valence-electron chi connectivity index (χ2n) is 6.60. The number of terminal acetylenes is 1. The Kier molecular flexibility index (Phi) is 7.73. The first-order chi connectivity index (χ1) is 10.4. The molecule has 1 rings (SSSR count). The number of unbranched alkanes of at least 4 members (excludes halogenated alkanes) is 5. The number of nitrogens with zero attached hydrogens (tertiary/aromatic N) is 2. The van der Waals surface area contributed by atoms with Gasteiger partial charge < -0.3 is 4.74 Å². The predicted molar refractivity (Wildman–Crippen MR) is 88.3 cm³/mol. The second-order valence-corrected chi connectivity index (χ2v) is 6.60. The van der Waals surface area contributed by atoms with E-state index in [1.165, 1.54) is 19.3 Å². The summed E-state index contributed by atoms with van der Waals surface area (Å²) < 4.78 is 7.21. The van der Waals surface area contributed by atoms with Gasteiger partial charge in [-0.1, -0.05) is 19.3 Å². The molecule has 0 atom stereocenters. The van der Waals surface area contributed by atoms with Crippen molar-refractivity contribution >= 4 is 5.97 Å². The highest BCUT2D eigenvalue weighted by atomic mass is 16.6. The van der Waals surface area contributed by atoms with Gasteiger partial charge in [-0.2, -0.15) is 5.10 Å². The molecule has 1 aromatic heterocycles. The minimum Gasteiger partial charge on any atom is -0.460 e. The van der Waals surface area contributed by atoms with Crippen molar-refractivity contribution in [2.45, 2.75) is 77.9 Å². The van der Waals surface area contributed by atoms with Gasteiger partial charge in [0.2, 0.25) is 0 Å². The number of carbonyl (C=O) groups excluding carboxylic acids is 1. The highest BCUT2D eigenvalue weighted by Gasteiger charge is 2.16. The van der Waals surface area contributed by atoms with Crippen LogP contribution in [0.5, 0.6) is 0 Å². The summed E-state index contributed by atoms with van der Waals surface area (Å²) in [6.07, 6.45) is 15.9. The maximum absolute atomic E-state index is 11.7. The normalized spacial score (nSPS) is 11.2. The average Bonchev–Trinajstić information content (AvgIpc) is 2.83. The lowest BCUT2D eigenvalue weighted by atomic mass is 10.1. The van der Waals surface area contributed by atoms with E-state index in [9.17, 15) is 4.79 Å². The number of ether oxygens (including phenoxy) is 1. The van der Waals surface area contributed by atoms with Crippen molar-refractivity contribution in [3.8, 4) is 12.3 Å². The molecular weight excluding hydrogens is 276 g/mol. The Morgan fingerprint density at radius 1 is 1.27 bits per heavy atom. The molecule has 4 nitrogen and oxygen atoms in total. The summed E-state index contributed by atoms with van der Waals surface area (Å²) in [5.74, 6) is 2.46. The third kappa shape index (κ3) is 8.51. The Balaban J connectivity index is 2.21. The molecule has 1 aromatic rings. The van der Waals surface area contributed by atoms with Crippen molar-refractivity contribution in [1.82, 2.24) is 9.78 Å². The zero-order valence-electron chi connectivity index (χ0n) is 14.1. The van der Waals surface area contributed by atoms with Crippen LogP contribution in [0.1, 0.15) is 64.9 Å². The van der Waals surface area contributed by atoms with E-state index in [4.69, 9.17) is 11.2 Å². The van der Waals surface area contributed by atoms with E-state index in [0.29, 0.717) is 0 Å². The van der Waals surface area contributed by atoms with Crippen LogP contribution >= 0.6 is 0 Å². The van der Waals surface area contributed by atoms with Gasteiger partial charge in [0.05, 0.1) is 12.6 Å². The first kappa shape index (κ1) is 18.3. The van der Waals surface area contributed by atoms with E-state index in [0.717, 1.165) is 31.4 Å². The van der Waals surface area contributed by atoms with E-state index in [2.05, 4.69) is 11.0 Å². The smallest absolute Gasteiger partial charge is 0.310 e. The minimum absolute atomic E-state index is 0.208. The van der Waals surface area contributed by atoms with Crippen molar-refractivity contribution < 1.29 is 9.53 Å². The summed E-state index contributed by atoms with van der Waals surface area (Å²) >= 11 is 0. The largest absolute Gasteiger partial charge is 0.460 e. The molecule has 0 radical (unpaired) electrons. The SMILES string of the molecule is C#CCCCCCCCn1cc(CC(=O)OC(C)(C)C)cn1. The third-order valence-corrected chi connectivity index (χ3v) is 3.16. The lowest BCUT2D eigenvalue weighted by Crippen LogP contribution is -2.24. The first-order valence-corrected chi connectivity index (χ1v) is 8.07. The van der Waals surface area contributed by atoms with Crippen molar-refractivity contribution in [3.63, 3.8) is 0 Å². The molecular formula is C18H28N2O2. The van der Waals surface area contributed by atoms with Crippen LogP contribution in [0.15, 0.2) is 12.4 Å². The van der Waals surface area contributed by atoms with Gasteiger partial charge in [0.1, 0.15) is 5.60 Å². The predicted octanol–water partition coefficient (Wildman–Crippen LogP) is 3.74. The molecule has 1 heterocycles. The fourth-order valence-electron chi connectivity index (χ4n) is 2.20. The Labute approximate surface area is 134 Å². The van der Waals surface area contributed by atoms with Crippen LogP contribution in [0.2, 0.25) is 0 Å². The van der Waals surface area contributed by atoms with Crippen molar-refractivity contribution in [2.24, 2.45) is 0 Å². The van der Waals surface area contributed by atoms with Crippen LogP contribution in [-0.4, -0.2) is 21.4 Å². The molecule has 0 bridgehead atoms. The number of esters is 1. The maximum Gasteiger partial charge on any atom is 0.310 e. The number of hydrogen-bond donors (Lipinski definition) is 0. The van der Waals surface area contributed by atoms with Gasteiger partial charge in [0, 0.05) is 24.7 Å². The Bertz CT molecular complexity index is 492. The highest BCUT2D eigenvalue weighted by molar-refractivity contribution is 5.72. The molecule has 4 heteroatoms. The highest BCUT2D eigenvalue weighted by Crippen LogP contribution is 2.10. The van der Waals surface area contributed by atoms with Crippen molar-refractivity contribution in [1.29, 1.82) is 0 Å². The van der Waals surface area contributed by atoms with Gasteiger partial charge in [-0.15, -0.1) is 12.3 Å². The number of hydrogen-bond acceptors (Lipinski definition) is 3. The van der Waals surface area contributed by atoms with Gasteiger partial charge >= 0.3 is 5.97 Å². The van der Waals surface area contributed by atoms with E-state index in [1.54, 1.807) is 6.20 Å². The molecule has 0 N–H and O–H groups in total. The molecule has 22 heavy (non-hydrogen) atoms. The van der Waals surface area contributed by atoms with E-state index >= 15 is 0 Å². The molecule has 0 aliphatic rings. The summed E-state index contributed by atoms with van der Waals surface area (Å²) in [5, 5.41) is 4.30. The Morgan fingerprint density at radius 2 is 1.95 bits per heavy atom. The van der Waals surface area contributed by atoms with Crippen LogP contribution in [0.25, 0.3) is 0 Å². The summed E-state index contributed by atoms with van der Waals surface area (Å²) in [5.41, 5.74) is 0.468. The first-order valence-electron chi connectivity index (χ1n) is 8.07. The lowest BCUT2D eigenvalue weighted by molar-refractivity contribution is -0.153. The van der Waals surface area contributed by atoms with Crippen LogP contribution in [-0.2, 0) is 22.5 Å². The van der Waals surface area contributed by atoms with Crippen LogP contribution in [0.3, 0.4) is 0 Å². The molecule has 0 aliphatic heterocycles. The van der Waals surface area contributed by atoms with E-state index in [1.807, 2.05) is 31.6 Å². The fourth-order valence-corrected chi connectivity index (χ4v) is 2.20. The number of carbonyl (C=O) groups is 1. The second kappa shape index (κ2) is 9.30. The van der Waals surface area contributed by atoms with Crippen molar-refractivity contribution in [2.75, 3.05) is 0 Å². The summed E-state index contributed by atoms with van der Waals surface area (Å²) in [7, 11) is 0. The molecule has 0 amide bonds. The van der Waals surface area contributed by atoms with Crippen LogP contribution < -0.4 is 0 Å². The monoisotopic (exact) mass is 304 g/mol. The summed E-state index contributed by atoms with van der Waals surface area (Å²) in [4.78, 5) is 11.7. The summed E-state index contributed by atoms with van der Waals surface area (Å²) in [6, 6.07) is 0. The molecule has 0 aromatic carbocycles. The standard InChI is InChI=1S/C18H28N2O2/c1-5-6-7-8-9-10-11-12-20-15-16(14-19-20)13-17(21)22-18(2,3)4/h1,14-15H,6-13H2,2-4H3. The topological polar surface area (TPSA) is 44.1 Å².